The highest BCUT2D eigenvalue weighted by Gasteiger charge is 2.15. The normalized spacial score (nSPS) is 13.4. The number of benzene rings is 2. The number of thioether (sulfide) groups is 1. The van der Waals surface area contributed by atoms with Gasteiger partial charge in [-0.2, -0.15) is 0 Å². The molecule has 1 aliphatic rings. The molecule has 2 aromatic carbocycles. The molecule has 0 radical (unpaired) electrons. The molecule has 0 saturated heterocycles. The molecule has 132 valence electrons. The van der Waals surface area contributed by atoms with Gasteiger partial charge in [0.2, 0.25) is 5.91 Å². The maximum Gasteiger partial charge on any atom is 0.230 e. The summed E-state index contributed by atoms with van der Waals surface area (Å²) in [6.45, 7) is 2.82. The van der Waals surface area contributed by atoms with E-state index in [1.165, 1.54) is 35.9 Å². The molecule has 1 heterocycles. The van der Waals surface area contributed by atoms with E-state index in [-0.39, 0.29) is 5.91 Å². The lowest BCUT2D eigenvalue weighted by molar-refractivity contribution is -0.118. The number of para-hydroxylation sites is 1. The fourth-order valence-electron chi connectivity index (χ4n) is 3.07. The van der Waals surface area contributed by atoms with Crippen LogP contribution in [0, 0.1) is 0 Å². The standard InChI is InChI=1S/C20H23ClN2OS/c21-17-8-10-18(11-9-17)25-15-20(24)22-12-4-14-23-13-3-6-16-5-1-2-7-19(16)23/h1-2,5,7-11H,3-4,6,12-15H2,(H,22,24). The van der Waals surface area contributed by atoms with Gasteiger partial charge in [0, 0.05) is 35.2 Å². The summed E-state index contributed by atoms with van der Waals surface area (Å²) in [7, 11) is 0. The van der Waals surface area contributed by atoms with Crippen molar-refractivity contribution in [1.82, 2.24) is 5.32 Å². The second-order valence-electron chi connectivity index (χ2n) is 6.17. The van der Waals surface area contributed by atoms with Gasteiger partial charge in [-0.05, 0) is 55.2 Å². The van der Waals surface area contributed by atoms with Gasteiger partial charge in [-0.3, -0.25) is 4.79 Å². The Labute approximate surface area is 158 Å². The molecule has 0 unspecified atom stereocenters. The Morgan fingerprint density at radius 3 is 2.80 bits per heavy atom. The van der Waals surface area contributed by atoms with Crippen molar-refractivity contribution in [2.75, 3.05) is 30.3 Å². The third kappa shape index (κ3) is 5.41. The summed E-state index contributed by atoms with van der Waals surface area (Å²) in [6.07, 6.45) is 3.35. The number of fused-ring (bicyclic) bond motifs is 1. The molecule has 0 atom stereocenters. The Hall–Kier alpha value is -1.65. The summed E-state index contributed by atoms with van der Waals surface area (Å²) < 4.78 is 0. The molecule has 3 rings (SSSR count). The fourth-order valence-corrected chi connectivity index (χ4v) is 3.93. The predicted octanol–water partition coefficient (Wildman–Crippen LogP) is 4.39. The van der Waals surface area contributed by atoms with E-state index in [0.717, 1.165) is 31.0 Å². The monoisotopic (exact) mass is 374 g/mol. The van der Waals surface area contributed by atoms with Crippen molar-refractivity contribution in [2.45, 2.75) is 24.2 Å². The van der Waals surface area contributed by atoms with Gasteiger partial charge in [-0.25, -0.2) is 0 Å². The van der Waals surface area contributed by atoms with Gasteiger partial charge in [0.15, 0.2) is 0 Å². The number of rotatable bonds is 7. The second kappa shape index (κ2) is 9.16. The zero-order chi connectivity index (χ0) is 17.5. The van der Waals surface area contributed by atoms with Gasteiger partial charge in [-0.15, -0.1) is 11.8 Å². The van der Waals surface area contributed by atoms with Crippen LogP contribution in [0.25, 0.3) is 0 Å². The molecule has 1 aliphatic heterocycles. The summed E-state index contributed by atoms with van der Waals surface area (Å²) in [5.41, 5.74) is 2.80. The Morgan fingerprint density at radius 1 is 1.16 bits per heavy atom. The van der Waals surface area contributed by atoms with Crippen LogP contribution in [-0.4, -0.2) is 31.3 Å². The molecule has 0 aromatic heterocycles. The van der Waals surface area contributed by atoms with E-state index in [0.29, 0.717) is 10.8 Å². The summed E-state index contributed by atoms with van der Waals surface area (Å²) in [5, 5.41) is 3.73. The van der Waals surface area contributed by atoms with Gasteiger partial charge in [0.1, 0.15) is 0 Å². The van der Waals surface area contributed by atoms with E-state index >= 15 is 0 Å². The lowest BCUT2D eigenvalue weighted by Gasteiger charge is -2.31. The Balaban J connectivity index is 1.36. The number of hydrogen-bond acceptors (Lipinski definition) is 3. The molecule has 5 heteroatoms. The van der Waals surface area contributed by atoms with Crippen LogP contribution < -0.4 is 10.2 Å². The van der Waals surface area contributed by atoms with Crippen molar-refractivity contribution < 1.29 is 4.79 Å². The minimum atomic E-state index is 0.0824. The Bertz CT molecular complexity index is 705. The molecule has 3 nitrogen and oxygen atoms in total. The van der Waals surface area contributed by atoms with E-state index in [4.69, 9.17) is 11.6 Å². The third-order valence-electron chi connectivity index (χ3n) is 4.32. The molecule has 1 N–H and O–H groups in total. The number of anilines is 1. The quantitative estimate of drug-likeness (QED) is 0.576. The average molecular weight is 375 g/mol. The number of nitrogens with zero attached hydrogens (tertiary/aromatic N) is 1. The van der Waals surface area contributed by atoms with E-state index in [2.05, 4.69) is 34.5 Å². The first-order valence-electron chi connectivity index (χ1n) is 8.70. The van der Waals surface area contributed by atoms with Crippen LogP contribution in [0.3, 0.4) is 0 Å². The molecule has 0 bridgehead atoms. The van der Waals surface area contributed by atoms with E-state index in [9.17, 15) is 4.79 Å². The van der Waals surface area contributed by atoms with Crippen LogP contribution in [0.4, 0.5) is 5.69 Å². The minimum Gasteiger partial charge on any atom is -0.371 e. The van der Waals surface area contributed by atoms with Gasteiger partial charge in [0.25, 0.3) is 0 Å². The fraction of sp³-hybridized carbons (Fsp3) is 0.350. The number of amides is 1. The van der Waals surface area contributed by atoms with Crippen LogP contribution >= 0.6 is 23.4 Å². The van der Waals surface area contributed by atoms with Gasteiger partial charge in [-0.1, -0.05) is 29.8 Å². The van der Waals surface area contributed by atoms with Crippen molar-refractivity contribution in [3.8, 4) is 0 Å². The first-order valence-corrected chi connectivity index (χ1v) is 10.1. The summed E-state index contributed by atoms with van der Waals surface area (Å²) in [4.78, 5) is 15.5. The zero-order valence-electron chi connectivity index (χ0n) is 14.2. The number of carbonyl (C=O) groups excluding carboxylic acids is 1. The molecular weight excluding hydrogens is 352 g/mol. The molecule has 25 heavy (non-hydrogen) atoms. The zero-order valence-corrected chi connectivity index (χ0v) is 15.8. The van der Waals surface area contributed by atoms with Crippen LogP contribution in [0.1, 0.15) is 18.4 Å². The molecule has 1 amide bonds. The number of carbonyl (C=O) groups is 1. The lowest BCUT2D eigenvalue weighted by Crippen LogP contribution is -2.33. The minimum absolute atomic E-state index is 0.0824. The highest BCUT2D eigenvalue weighted by molar-refractivity contribution is 8.00. The maximum absolute atomic E-state index is 12.0. The van der Waals surface area contributed by atoms with Crippen molar-refractivity contribution in [3.05, 3.63) is 59.1 Å². The van der Waals surface area contributed by atoms with Crippen LogP contribution in [0.2, 0.25) is 5.02 Å². The van der Waals surface area contributed by atoms with Crippen molar-refractivity contribution >= 4 is 35.0 Å². The molecular formula is C20H23ClN2OS. The molecule has 0 saturated carbocycles. The number of halogens is 1. The number of hydrogen-bond donors (Lipinski definition) is 1. The smallest absolute Gasteiger partial charge is 0.230 e. The average Bonchev–Trinajstić information content (AvgIpc) is 2.65. The maximum atomic E-state index is 12.0. The molecule has 0 spiro atoms. The van der Waals surface area contributed by atoms with Gasteiger partial charge in [0.05, 0.1) is 5.75 Å². The SMILES string of the molecule is O=C(CSc1ccc(Cl)cc1)NCCCN1CCCc2ccccc21. The second-order valence-corrected chi connectivity index (χ2v) is 7.65. The third-order valence-corrected chi connectivity index (χ3v) is 5.58. The summed E-state index contributed by atoms with van der Waals surface area (Å²) in [5.74, 6) is 0.521. The molecule has 0 aliphatic carbocycles. The van der Waals surface area contributed by atoms with Crippen molar-refractivity contribution in [1.29, 1.82) is 0 Å². The van der Waals surface area contributed by atoms with Gasteiger partial charge < -0.3 is 10.2 Å². The summed E-state index contributed by atoms with van der Waals surface area (Å²) in [6, 6.07) is 16.2. The van der Waals surface area contributed by atoms with Crippen LogP contribution in [0.15, 0.2) is 53.4 Å². The van der Waals surface area contributed by atoms with E-state index < -0.39 is 0 Å². The van der Waals surface area contributed by atoms with Crippen molar-refractivity contribution in [2.24, 2.45) is 0 Å². The molecule has 2 aromatic rings. The lowest BCUT2D eigenvalue weighted by atomic mass is 10.0. The molecule has 0 fully saturated rings. The van der Waals surface area contributed by atoms with Gasteiger partial charge >= 0.3 is 0 Å². The Morgan fingerprint density at radius 2 is 1.96 bits per heavy atom. The topological polar surface area (TPSA) is 32.3 Å². The van der Waals surface area contributed by atoms with E-state index in [1.807, 2.05) is 24.3 Å². The predicted molar refractivity (Wildman–Crippen MR) is 107 cm³/mol. The number of aryl methyl sites for hydroxylation is 1. The first-order chi connectivity index (χ1) is 12.2. The first kappa shape index (κ1) is 18.2. The highest BCUT2D eigenvalue weighted by Crippen LogP contribution is 2.26. The van der Waals surface area contributed by atoms with Crippen LogP contribution in [0.5, 0.6) is 0 Å². The van der Waals surface area contributed by atoms with Crippen molar-refractivity contribution in [3.63, 3.8) is 0 Å². The van der Waals surface area contributed by atoms with E-state index in [1.54, 1.807) is 0 Å². The van der Waals surface area contributed by atoms with Crippen LogP contribution in [-0.2, 0) is 11.2 Å². The number of nitrogens with one attached hydrogen (secondary N) is 1. The highest BCUT2D eigenvalue weighted by atomic mass is 35.5. The largest absolute Gasteiger partial charge is 0.371 e. The Kier molecular flexibility index (Phi) is 6.65. The summed E-state index contributed by atoms with van der Waals surface area (Å²) >= 11 is 7.39.